The third kappa shape index (κ3) is 16.0. The largest absolute Gasteiger partial charge is 0.489 e. The van der Waals surface area contributed by atoms with Gasteiger partial charge in [-0.25, -0.2) is 27.2 Å². The molecule has 6 aromatic heterocycles. The number of hydrogen-bond acceptors (Lipinski definition) is 19. The van der Waals surface area contributed by atoms with Crippen molar-refractivity contribution in [1.82, 2.24) is 38.6 Å². The van der Waals surface area contributed by atoms with E-state index >= 15 is 0 Å². The van der Waals surface area contributed by atoms with Gasteiger partial charge in [-0.1, -0.05) is 12.1 Å². The van der Waals surface area contributed by atoms with Crippen LogP contribution in [-0.4, -0.2) is 79.4 Å². The van der Waals surface area contributed by atoms with Crippen LogP contribution >= 0.6 is 0 Å². The summed E-state index contributed by atoms with van der Waals surface area (Å²) in [4.78, 5) is 60.2. The molecular formula is C64H51F10N13O9. The first-order valence-corrected chi connectivity index (χ1v) is 28.6. The Kier molecular flexibility index (Phi) is 19.5. The van der Waals surface area contributed by atoms with E-state index in [0.29, 0.717) is 73.5 Å². The van der Waals surface area contributed by atoms with Gasteiger partial charge in [-0.3, -0.25) is 33.4 Å². The lowest BCUT2D eigenvalue weighted by Crippen LogP contribution is -2.22. The Bertz CT molecular complexity index is 4460. The Morgan fingerprint density at radius 3 is 1.49 bits per heavy atom. The highest BCUT2D eigenvalue weighted by Crippen LogP contribution is 2.37. The molecule has 0 spiro atoms. The molecule has 0 saturated carbocycles. The normalized spacial score (nSPS) is 13.0. The van der Waals surface area contributed by atoms with E-state index in [1.807, 2.05) is 40.9 Å². The summed E-state index contributed by atoms with van der Waals surface area (Å²) in [7, 11) is 5.57. The molecule has 3 aliphatic heterocycles. The first-order chi connectivity index (χ1) is 45.6. The number of nitrogens with zero attached hydrogens (tertiary/aromatic N) is 13. The number of benzene rings is 3. The van der Waals surface area contributed by atoms with Gasteiger partial charge in [0.05, 0.1) is 29.1 Å². The standard InChI is InChI=1S/C23H20F2N4O3.C21H16F3N5O3.C20H15F5N4O3/c1-23(24,25)17-8-19(13-27-12-17)32-20-4-3-15(7-16(20)11-26)14-31-18-9-21-28(2)5-6-29(21)22(30)10-18;1-28-6-7-29-19(28)10-18(27-20(29)30)31-12-13-2-3-16(14(8-13)11-25)32-15-4-5-26-17(9-15)21(22,23)24;1-28-2-3-29-17(28)7-16(27-19(29)30)31-10-11-4-14(21)18(15(22)5-11)32-13-6-12(8-26-9-13)20(23,24)25/h3-4,7-10,12-13H,5-6,14H2,1-2H3;2-5,8-10H,6-7,12H2,1H3;4-9H,2-3,10H2,1H3. The molecule has 3 aromatic carbocycles. The van der Waals surface area contributed by atoms with Crippen LogP contribution in [0, 0.1) is 34.3 Å². The zero-order valence-corrected chi connectivity index (χ0v) is 50.8. The van der Waals surface area contributed by atoms with Gasteiger partial charge < -0.3 is 43.1 Å². The number of likely N-dealkylation sites (N-methyl/N-ethyl adjacent to an activating group) is 3. The number of aromatic nitrogens is 8. The number of hydrogen-bond donors (Lipinski definition) is 0. The number of nitriles is 2. The quantitative estimate of drug-likeness (QED) is 0.0816. The number of alkyl halides is 8. The van der Waals surface area contributed by atoms with Crippen molar-refractivity contribution >= 4 is 17.5 Å². The fourth-order valence-electron chi connectivity index (χ4n) is 9.73. The monoisotopic (exact) mass is 1340 g/mol. The van der Waals surface area contributed by atoms with Crippen LogP contribution in [-0.2, 0) is 57.7 Å². The highest BCUT2D eigenvalue weighted by molar-refractivity contribution is 5.51. The van der Waals surface area contributed by atoms with E-state index in [0.717, 1.165) is 56.1 Å². The molecule has 9 heterocycles. The molecule has 0 saturated heterocycles. The van der Waals surface area contributed by atoms with Crippen molar-refractivity contribution in [3.63, 3.8) is 0 Å². The Labute approximate surface area is 537 Å². The van der Waals surface area contributed by atoms with Crippen LogP contribution in [0.2, 0.25) is 0 Å². The molecule has 32 heteroatoms. The third-order valence-electron chi connectivity index (χ3n) is 14.7. The van der Waals surface area contributed by atoms with Crippen molar-refractivity contribution in [3.05, 3.63) is 216 Å². The topological polar surface area (TPSA) is 243 Å². The van der Waals surface area contributed by atoms with Crippen LogP contribution < -0.4 is 60.1 Å². The van der Waals surface area contributed by atoms with Crippen molar-refractivity contribution in [1.29, 1.82) is 10.5 Å². The van der Waals surface area contributed by atoms with Crippen LogP contribution in [0.3, 0.4) is 0 Å². The SMILES string of the molecule is CN1CCn2c1cc(OCc1cc(F)c(Oc3cncc(C(F)(F)F)c3)c(F)c1)nc2=O.CN1CCn2c1cc(OCc1ccc(Oc3ccnc(C(F)(F)F)c3)c(C#N)c1)nc2=O.CN1CCn2c1cc(OCc1ccc(Oc3cncc(C(C)(F)F)c3)c(C#N)c1)cc2=O. The second kappa shape index (κ2) is 27.9. The highest BCUT2D eigenvalue weighted by Gasteiger charge is 2.34. The molecule has 0 atom stereocenters. The minimum Gasteiger partial charge on any atom is -0.489 e. The fourth-order valence-corrected chi connectivity index (χ4v) is 9.73. The molecule has 0 N–H and O–H groups in total. The highest BCUT2D eigenvalue weighted by atomic mass is 19.4. The Morgan fingerprint density at radius 2 is 0.969 bits per heavy atom. The molecule has 0 bridgehead atoms. The maximum atomic E-state index is 14.4. The van der Waals surface area contributed by atoms with Crippen LogP contribution in [0.4, 0.5) is 61.4 Å². The van der Waals surface area contributed by atoms with E-state index in [1.165, 1.54) is 41.1 Å². The van der Waals surface area contributed by atoms with Crippen molar-refractivity contribution in [2.24, 2.45) is 0 Å². The van der Waals surface area contributed by atoms with Gasteiger partial charge in [-0.2, -0.15) is 46.8 Å². The second-order valence-corrected chi connectivity index (χ2v) is 21.6. The second-order valence-electron chi connectivity index (χ2n) is 21.6. The number of rotatable bonds is 16. The summed E-state index contributed by atoms with van der Waals surface area (Å²) >= 11 is 0. The number of halogens is 10. The maximum Gasteiger partial charge on any atom is 0.433 e. The molecule has 496 valence electrons. The van der Waals surface area contributed by atoms with E-state index < -0.39 is 64.0 Å². The molecule has 22 nitrogen and oxygen atoms in total. The Morgan fingerprint density at radius 1 is 0.490 bits per heavy atom. The van der Waals surface area contributed by atoms with E-state index in [9.17, 15) is 68.8 Å². The molecule has 3 aliphatic rings. The predicted molar refractivity (Wildman–Crippen MR) is 322 cm³/mol. The fraction of sp³-hybridized carbons (Fsp3) is 0.250. The lowest BCUT2D eigenvalue weighted by Gasteiger charge is -2.14. The smallest absolute Gasteiger partial charge is 0.433 e. The minimum absolute atomic E-state index is 0.00816. The zero-order valence-electron chi connectivity index (χ0n) is 50.8. The summed E-state index contributed by atoms with van der Waals surface area (Å²) in [6.45, 7) is 4.45. The van der Waals surface area contributed by atoms with Crippen LogP contribution in [0.5, 0.6) is 52.0 Å². The van der Waals surface area contributed by atoms with Gasteiger partial charge in [0.2, 0.25) is 11.8 Å². The van der Waals surface area contributed by atoms with Gasteiger partial charge in [0.1, 0.15) is 89.6 Å². The summed E-state index contributed by atoms with van der Waals surface area (Å²) < 4.78 is 170. The number of ether oxygens (including phenoxy) is 6. The first-order valence-electron chi connectivity index (χ1n) is 28.6. The average Bonchev–Trinajstić information content (AvgIpc) is 1.62. The van der Waals surface area contributed by atoms with Gasteiger partial charge in [0, 0.05) is 122 Å². The summed E-state index contributed by atoms with van der Waals surface area (Å²) in [6, 6.07) is 25.5. The van der Waals surface area contributed by atoms with Gasteiger partial charge in [0.15, 0.2) is 17.4 Å². The first kappa shape index (κ1) is 67.2. The molecule has 12 rings (SSSR count). The summed E-state index contributed by atoms with van der Waals surface area (Å²) in [6.07, 6.45) is -4.47. The number of anilines is 3. The summed E-state index contributed by atoms with van der Waals surface area (Å²) in [5.74, 6) is -3.71. The third-order valence-corrected chi connectivity index (χ3v) is 14.7. The number of pyridine rings is 4. The lowest BCUT2D eigenvalue weighted by molar-refractivity contribution is -0.141. The molecule has 0 fully saturated rings. The van der Waals surface area contributed by atoms with E-state index in [1.54, 1.807) is 58.6 Å². The van der Waals surface area contributed by atoms with E-state index in [-0.39, 0.29) is 82.4 Å². The van der Waals surface area contributed by atoms with E-state index in [4.69, 9.17) is 28.4 Å². The maximum absolute atomic E-state index is 14.4. The van der Waals surface area contributed by atoms with Crippen molar-refractivity contribution in [2.45, 2.75) is 64.7 Å². The molecule has 96 heavy (non-hydrogen) atoms. The average molecular weight is 1340 g/mol. The summed E-state index contributed by atoms with van der Waals surface area (Å²) in [5, 5.41) is 18.9. The summed E-state index contributed by atoms with van der Waals surface area (Å²) in [5.41, 5.74) is -1.86. The zero-order chi connectivity index (χ0) is 68.8. The van der Waals surface area contributed by atoms with Crippen molar-refractivity contribution < 1.29 is 72.3 Å². The van der Waals surface area contributed by atoms with E-state index in [2.05, 4.69) is 24.9 Å². The van der Waals surface area contributed by atoms with Crippen LogP contribution in [0.15, 0.2) is 142 Å². The van der Waals surface area contributed by atoms with Crippen molar-refractivity contribution in [3.8, 4) is 64.1 Å². The van der Waals surface area contributed by atoms with Gasteiger partial charge in [-0.05, 0) is 71.3 Å². The Hall–Kier alpha value is -11.7. The Balaban J connectivity index is 0.000000157. The molecule has 0 radical (unpaired) electrons. The molecular weight excluding hydrogens is 1280 g/mol. The molecule has 9 aromatic rings. The van der Waals surface area contributed by atoms with Gasteiger partial charge >= 0.3 is 23.7 Å². The number of fused-ring (bicyclic) bond motifs is 3. The van der Waals surface area contributed by atoms with Gasteiger partial charge in [0.25, 0.3) is 11.5 Å². The minimum atomic E-state index is -4.69. The molecule has 0 aliphatic carbocycles. The van der Waals surface area contributed by atoms with Crippen LogP contribution in [0.25, 0.3) is 0 Å². The lowest BCUT2D eigenvalue weighted by atomic mass is 10.1. The molecule has 0 unspecified atom stereocenters. The predicted octanol–water partition coefficient (Wildman–Crippen LogP) is 11.2. The van der Waals surface area contributed by atoms with Crippen LogP contribution in [0.1, 0.15) is 51.6 Å². The molecule has 0 amide bonds. The van der Waals surface area contributed by atoms with Gasteiger partial charge in [-0.15, -0.1) is 0 Å². The van der Waals surface area contributed by atoms with Crippen molar-refractivity contribution in [2.75, 3.05) is 55.5 Å².